The van der Waals surface area contributed by atoms with Crippen LogP contribution < -0.4 is 5.32 Å². The fourth-order valence-electron chi connectivity index (χ4n) is 0.786. The Labute approximate surface area is 43.9 Å². The van der Waals surface area contributed by atoms with Crippen LogP contribution in [0, 0.1) is 0 Å². The van der Waals surface area contributed by atoms with Crippen LogP contribution in [0.5, 0.6) is 0 Å². The molecule has 1 aliphatic rings. The van der Waals surface area contributed by atoms with Crippen LogP contribution in [0.2, 0.25) is 0 Å². The minimum atomic E-state index is 0.273. The second kappa shape index (κ2) is 1.80. The zero-order chi connectivity index (χ0) is 5.28. The van der Waals surface area contributed by atoms with Gasteiger partial charge < -0.3 is 4.74 Å². The Balaban J connectivity index is 2.26. The summed E-state index contributed by atoms with van der Waals surface area (Å²) in [6.45, 7) is 4.99. The molecular formula is C5H11NO. The van der Waals surface area contributed by atoms with Gasteiger partial charge in [0.05, 0.1) is 6.61 Å². The fraction of sp³-hybridized carbons (Fsp3) is 1.00. The van der Waals surface area contributed by atoms with Crippen molar-refractivity contribution in [2.24, 2.45) is 0 Å². The molecule has 1 fully saturated rings. The minimum absolute atomic E-state index is 0.273. The fourth-order valence-corrected chi connectivity index (χ4v) is 0.786. The summed E-state index contributed by atoms with van der Waals surface area (Å²) in [6, 6.07) is 0.551. The third-order valence-corrected chi connectivity index (χ3v) is 1.12. The molecule has 1 saturated heterocycles. The second-order valence-electron chi connectivity index (χ2n) is 2.04. The lowest BCUT2D eigenvalue weighted by Crippen LogP contribution is -2.25. The topological polar surface area (TPSA) is 21.3 Å². The lowest BCUT2D eigenvalue weighted by Gasteiger charge is -1.99. The van der Waals surface area contributed by atoms with Crippen LogP contribution in [0.25, 0.3) is 0 Å². The first kappa shape index (κ1) is 5.06. The SMILES string of the molecule is CC1COC(C)N1. The van der Waals surface area contributed by atoms with Crippen molar-refractivity contribution in [3.05, 3.63) is 0 Å². The van der Waals surface area contributed by atoms with E-state index in [1.54, 1.807) is 0 Å². The summed E-state index contributed by atoms with van der Waals surface area (Å²) in [5.74, 6) is 0. The zero-order valence-electron chi connectivity index (χ0n) is 4.77. The summed E-state index contributed by atoms with van der Waals surface area (Å²) in [5, 5.41) is 3.19. The van der Waals surface area contributed by atoms with Crippen molar-refractivity contribution in [3.63, 3.8) is 0 Å². The number of hydrogen-bond acceptors (Lipinski definition) is 2. The maximum atomic E-state index is 5.15. The van der Waals surface area contributed by atoms with Crippen LogP contribution in [0.4, 0.5) is 0 Å². The summed E-state index contributed by atoms with van der Waals surface area (Å²) in [7, 11) is 0. The predicted molar refractivity (Wildman–Crippen MR) is 28.0 cm³/mol. The molecule has 1 rings (SSSR count). The van der Waals surface area contributed by atoms with E-state index in [2.05, 4.69) is 12.2 Å². The highest BCUT2D eigenvalue weighted by Gasteiger charge is 2.14. The molecule has 1 N–H and O–H groups in total. The van der Waals surface area contributed by atoms with Gasteiger partial charge in [0.25, 0.3) is 0 Å². The smallest absolute Gasteiger partial charge is 0.105 e. The highest BCUT2D eigenvalue weighted by molar-refractivity contribution is 4.66. The Kier molecular flexibility index (Phi) is 1.30. The van der Waals surface area contributed by atoms with Crippen molar-refractivity contribution in [1.29, 1.82) is 0 Å². The van der Waals surface area contributed by atoms with Crippen molar-refractivity contribution in [2.75, 3.05) is 6.61 Å². The van der Waals surface area contributed by atoms with Crippen LogP contribution in [-0.2, 0) is 4.74 Å². The van der Waals surface area contributed by atoms with Gasteiger partial charge in [0.15, 0.2) is 0 Å². The molecule has 2 heteroatoms. The van der Waals surface area contributed by atoms with E-state index in [0.717, 1.165) is 6.61 Å². The molecule has 0 spiro atoms. The third-order valence-electron chi connectivity index (χ3n) is 1.12. The van der Waals surface area contributed by atoms with E-state index in [1.165, 1.54) is 0 Å². The van der Waals surface area contributed by atoms with E-state index in [1.807, 2.05) is 6.92 Å². The molecule has 42 valence electrons. The third kappa shape index (κ3) is 1.14. The Hall–Kier alpha value is -0.0800. The number of rotatable bonds is 0. The van der Waals surface area contributed by atoms with E-state index in [9.17, 15) is 0 Å². The predicted octanol–water partition coefficient (Wildman–Crippen LogP) is 0.341. The Morgan fingerprint density at radius 2 is 2.29 bits per heavy atom. The van der Waals surface area contributed by atoms with E-state index in [4.69, 9.17) is 4.74 Å². The lowest BCUT2D eigenvalue weighted by atomic mass is 10.4. The van der Waals surface area contributed by atoms with Gasteiger partial charge in [-0.25, -0.2) is 0 Å². The van der Waals surface area contributed by atoms with Crippen LogP contribution >= 0.6 is 0 Å². The summed E-state index contributed by atoms with van der Waals surface area (Å²) in [6.07, 6.45) is 0.273. The standard InChI is InChI=1S/C5H11NO/c1-4-3-7-5(2)6-4/h4-6H,3H2,1-2H3. The number of ether oxygens (including phenoxy) is 1. The van der Waals surface area contributed by atoms with E-state index < -0.39 is 0 Å². The lowest BCUT2D eigenvalue weighted by molar-refractivity contribution is 0.115. The summed E-state index contributed by atoms with van der Waals surface area (Å²) < 4.78 is 5.15. The summed E-state index contributed by atoms with van der Waals surface area (Å²) in [4.78, 5) is 0. The highest BCUT2D eigenvalue weighted by Crippen LogP contribution is 1.98. The second-order valence-corrected chi connectivity index (χ2v) is 2.04. The maximum Gasteiger partial charge on any atom is 0.105 e. The Morgan fingerprint density at radius 1 is 1.57 bits per heavy atom. The molecule has 0 radical (unpaired) electrons. The van der Waals surface area contributed by atoms with Gasteiger partial charge in [-0.05, 0) is 13.8 Å². The molecule has 7 heavy (non-hydrogen) atoms. The van der Waals surface area contributed by atoms with Crippen LogP contribution in [-0.4, -0.2) is 18.9 Å². The van der Waals surface area contributed by atoms with Crippen LogP contribution in [0.3, 0.4) is 0 Å². The van der Waals surface area contributed by atoms with Gasteiger partial charge in [-0.2, -0.15) is 0 Å². The first-order chi connectivity index (χ1) is 3.29. The van der Waals surface area contributed by atoms with Gasteiger partial charge in [-0.3, -0.25) is 5.32 Å². The Bertz CT molecular complexity index is 57.1. The average Bonchev–Trinajstić information content (AvgIpc) is 1.87. The zero-order valence-corrected chi connectivity index (χ0v) is 4.77. The van der Waals surface area contributed by atoms with Crippen LogP contribution in [0.1, 0.15) is 13.8 Å². The maximum absolute atomic E-state index is 5.15. The van der Waals surface area contributed by atoms with Gasteiger partial charge in [0.2, 0.25) is 0 Å². The molecule has 2 atom stereocenters. The first-order valence-electron chi connectivity index (χ1n) is 2.66. The monoisotopic (exact) mass is 101 g/mol. The summed E-state index contributed by atoms with van der Waals surface area (Å²) >= 11 is 0. The van der Waals surface area contributed by atoms with Gasteiger partial charge in [-0.1, -0.05) is 0 Å². The van der Waals surface area contributed by atoms with Crippen molar-refractivity contribution in [1.82, 2.24) is 5.32 Å². The summed E-state index contributed by atoms with van der Waals surface area (Å²) in [5.41, 5.74) is 0. The van der Waals surface area contributed by atoms with Crippen molar-refractivity contribution in [3.8, 4) is 0 Å². The molecule has 0 bridgehead atoms. The van der Waals surface area contributed by atoms with E-state index in [-0.39, 0.29) is 6.23 Å². The molecule has 0 saturated carbocycles. The molecule has 0 aromatic heterocycles. The van der Waals surface area contributed by atoms with Gasteiger partial charge in [0.1, 0.15) is 6.23 Å². The number of hydrogen-bond donors (Lipinski definition) is 1. The van der Waals surface area contributed by atoms with Crippen molar-refractivity contribution < 1.29 is 4.74 Å². The Morgan fingerprint density at radius 3 is 2.43 bits per heavy atom. The van der Waals surface area contributed by atoms with Gasteiger partial charge in [-0.15, -0.1) is 0 Å². The molecule has 1 aliphatic heterocycles. The molecule has 0 aliphatic carbocycles. The van der Waals surface area contributed by atoms with E-state index in [0.29, 0.717) is 6.04 Å². The average molecular weight is 101 g/mol. The molecule has 1 heterocycles. The van der Waals surface area contributed by atoms with Crippen LogP contribution in [0.15, 0.2) is 0 Å². The largest absolute Gasteiger partial charge is 0.362 e. The van der Waals surface area contributed by atoms with Gasteiger partial charge >= 0.3 is 0 Å². The molecule has 2 nitrogen and oxygen atoms in total. The van der Waals surface area contributed by atoms with Crippen molar-refractivity contribution >= 4 is 0 Å². The minimum Gasteiger partial charge on any atom is -0.362 e. The molecule has 0 amide bonds. The highest BCUT2D eigenvalue weighted by atomic mass is 16.5. The quantitative estimate of drug-likeness (QED) is 0.475. The van der Waals surface area contributed by atoms with Crippen molar-refractivity contribution in [2.45, 2.75) is 26.1 Å². The molecule has 0 aromatic carbocycles. The molecule has 2 unspecified atom stereocenters. The molecule has 0 aromatic rings. The normalized spacial score (nSPS) is 42.0. The van der Waals surface area contributed by atoms with E-state index >= 15 is 0 Å². The first-order valence-corrected chi connectivity index (χ1v) is 2.66. The molecular weight excluding hydrogens is 90.1 g/mol. The van der Waals surface area contributed by atoms with Gasteiger partial charge in [0, 0.05) is 6.04 Å². The number of nitrogens with one attached hydrogen (secondary N) is 1.